The van der Waals surface area contributed by atoms with Crippen LogP contribution in [0.1, 0.15) is 33.1 Å². The van der Waals surface area contributed by atoms with E-state index in [-0.39, 0.29) is 11.7 Å². The van der Waals surface area contributed by atoms with Gasteiger partial charge in [-0.1, -0.05) is 0 Å². The molecule has 0 atom stereocenters. The Morgan fingerprint density at radius 2 is 2.21 bits per heavy atom. The number of nitro groups is 1. The molecule has 98 valence electrons. The van der Waals surface area contributed by atoms with Crippen molar-refractivity contribution in [2.45, 2.75) is 13.8 Å². The first-order chi connectivity index (χ1) is 8.97. The molecule has 0 saturated carbocycles. The first-order valence-corrected chi connectivity index (χ1v) is 6.19. The summed E-state index contributed by atoms with van der Waals surface area (Å²) in [7, 11) is 0. The summed E-state index contributed by atoms with van der Waals surface area (Å²) in [5.41, 5.74) is 0.683. The van der Waals surface area contributed by atoms with Crippen LogP contribution in [-0.2, 0) is 0 Å². The zero-order valence-corrected chi connectivity index (χ0v) is 11.1. The average molecular weight is 278 g/mol. The molecule has 0 unspecified atom stereocenters. The zero-order valence-electron chi connectivity index (χ0n) is 10.2. The molecule has 19 heavy (non-hydrogen) atoms. The predicted molar refractivity (Wildman–Crippen MR) is 71.1 cm³/mol. The van der Waals surface area contributed by atoms with Gasteiger partial charge in [-0.05, 0) is 25.1 Å². The maximum absolute atomic E-state index is 11.3. The molecule has 6 nitrogen and oxygen atoms in total. The molecular weight excluding hydrogens is 268 g/mol. The molecule has 0 aliphatic rings. The number of ketones is 1. The van der Waals surface area contributed by atoms with E-state index in [4.69, 9.17) is 4.42 Å². The van der Waals surface area contributed by atoms with Crippen LogP contribution < -0.4 is 0 Å². The molecule has 2 rings (SSSR count). The first-order valence-electron chi connectivity index (χ1n) is 5.38. The maximum Gasteiger partial charge on any atom is 0.433 e. The molecule has 0 N–H and O–H groups in total. The third-order valence-corrected chi connectivity index (χ3v) is 3.54. The van der Waals surface area contributed by atoms with E-state index >= 15 is 0 Å². The Bertz CT molecular complexity index is 669. The number of nitrogens with zero attached hydrogens (tertiary/aromatic N) is 2. The minimum atomic E-state index is -0.598. The van der Waals surface area contributed by atoms with E-state index in [0.29, 0.717) is 21.3 Å². The maximum atomic E-state index is 11.3. The number of hydrogen-bond donors (Lipinski definition) is 0. The van der Waals surface area contributed by atoms with Crippen molar-refractivity contribution in [1.29, 1.82) is 0 Å². The molecule has 0 fully saturated rings. The number of furan rings is 1. The van der Waals surface area contributed by atoms with E-state index in [1.54, 1.807) is 19.1 Å². The van der Waals surface area contributed by atoms with E-state index in [1.165, 1.54) is 30.4 Å². The normalized spacial score (nSPS) is 11.1. The molecule has 0 aliphatic heterocycles. The van der Waals surface area contributed by atoms with Crippen LogP contribution in [0.25, 0.3) is 12.2 Å². The van der Waals surface area contributed by atoms with Crippen molar-refractivity contribution < 1.29 is 14.1 Å². The van der Waals surface area contributed by atoms with Gasteiger partial charge < -0.3 is 4.42 Å². The van der Waals surface area contributed by atoms with Gasteiger partial charge in [0.05, 0.1) is 16.6 Å². The highest BCUT2D eigenvalue weighted by Gasteiger charge is 2.11. The summed E-state index contributed by atoms with van der Waals surface area (Å²) in [5, 5.41) is 11.1. The van der Waals surface area contributed by atoms with Crippen LogP contribution in [0.15, 0.2) is 16.5 Å². The molecule has 2 heterocycles. The SMILES string of the molecule is CC(=O)c1sc(C=Cc2ccc([N+](=O)[O-])o2)nc1C. The van der Waals surface area contributed by atoms with E-state index < -0.39 is 4.92 Å². The molecule has 0 amide bonds. The molecule has 0 aliphatic carbocycles. The number of rotatable bonds is 4. The lowest BCUT2D eigenvalue weighted by atomic mass is 10.3. The van der Waals surface area contributed by atoms with Gasteiger partial charge in [0, 0.05) is 6.92 Å². The average Bonchev–Trinajstić information content (AvgIpc) is 2.92. The second kappa shape index (κ2) is 5.15. The smallest absolute Gasteiger partial charge is 0.401 e. The number of carbonyl (C=O) groups is 1. The molecule has 0 saturated heterocycles. The van der Waals surface area contributed by atoms with Crippen LogP contribution in [0, 0.1) is 17.0 Å². The van der Waals surface area contributed by atoms with Gasteiger partial charge in [-0.2, -0.15) is 0 Å². The van der Waals surface area contributed by atoms with Crippen LogP contribution in [-0.4, -0.2) is 15.7 Å². The van der Waals surface area contributed by atoms with E-state index in [0.717, 1.165) is 0 Å². The summed E-state index contributed by atoms with van der Waals surface area (Å²) in [4.78, 5) is 26.0. The van der Waals surface area contributed by atoms with Gasteiger partial charge in [0.2, 0.25) is 0 Å². The summed E-state index contributed by atoms with van der Waals surface area (Å²) >= 11 is 1.28. The summed E-state index contributed by atoms with van der Waals surface area (Å²) < 4.78 is 4.98. The van der Waals surface area contributed by atoms with Crippen LogP contribution in [0.4, 0.5) is 5.88 Å². The van der Waals surface area contributed by atoms with E-state index in [9.17, 15) is 14.9 Å². The van der Waals surface area contributed by atoms with Crippen molar-refractivity contribution in [3.63, 3.8) is 0 Å². The Labute approximate surface area is 112 Å². The number of Topliss-reactive ketones (excluding diaryl/α,β-unsaturated/α-hetero) is 1. The number of thiazole rings is 1. The number of aryl methyl sites for hydroxylation is 1. The van der Waals surface area contributed by atoms with Crippen molar-refractivity contribution >= 4 is 35.2 Å². The van der Waals surface area contributed by atoms with Gasteiger partial charge in [-0.25, -0.2) is 4.98 Å². The number of aromatic nitrogens is 1. The van der Waals surface area contributed by atoms with Gasteiger partial charge in [0.25, 0.3) is 0 Å². The Balaban J connectivity index is 2.20. The first kappa shape index (κ1) is 13.2. The molecular formula is C12H10N2O4S. The topological polar surface area (TPSA) is 86.2 Å². The van der Waals surface area contributed by atoms with Crippen LogP contribution >= 0.6 is 11.3 Å². The second-order valence-electron chi connectivity index (χ2n) is 3.79. The summed E-state index contributed by atoms with van der Waals surface area (Å²) in [6.45, 7) is 3.26. The van der Waals surface area contributed by atoms with Gasteiger partial charge in [-0.15, -0.1) is 11.3 Å². The van der Waals surface area contributed by atoms with E-state index in [1.807, 2.05) is 0 Å². The fraction of sp³-hybridized carbons (Fsp3) is 0.167. The summed E-state index contributed by atoms with van der Waals surface area (Å²) in [6.07, 6.45) is 3.24. The molecule has 2 aromatic heterocycles. The van der Waals surface area contributed by atoms with Crippen molar-refractivity contribution in [2.24, 2.45) is 0 Å². The molecule has 7 heteroatoms. The quantitative estimate of drug-likeness (QED) is 0.486. The van der Waals surface area contributed by atoms with Crippen LogP contribution in [0.5, 0.6) is 0 Å². The third kappa shape index (κ3) is 2.94. The predicted octanol–water partition coefficient (Wildman–Crippen LogP) is 3.33. The molecule has 0 bridgehead atoms. The van der Waals surface area contributed by atoms with Crippen LogP contribution in [0.3, 0.4) is 0 Å². The number of hydrogen-bond acceptors (Lipinski definition) is 6. The fourth-order valence-electron chi connectivity index (χ4n) is 1.50. The lowest BCUT2D eigenvalue weighted by Gasteiger charge is -1.85. The zero-order chi connectivity index (χ0) is 14.0. The Kier molecular flexibility index (Phi) is 3.57. The van der Waals surface area contributed by atoms with Crippen molar-refractivity contribution in [3.05, 3.63) is 43.6 Å². The third-order valence-electron chi connectivity index (χ3n) is 2.32. The standard InChI is InChI=1S/C12H10N2O4S/c1-7-12(8(2)15)19-10(13-7)5-3-9-4-6-11(18-9)14(16)17/h3-6H,1-2H3. The Hall–Kier alpha value is -2.28. The van der Waals surface area contributed by atoms with Crippen LogP contribution in [0.2, 0.25) is 0 Å². The van der Waals surface area contributed by atoms with Gasteiger partial charge in [-0.3, -0.25) is 14.9 Å². The van der Waals surface area contributed by atoms with Gasteiger partial charge in [0.1, 0.15) is 15.7 Å². The Morgan fingerprint density at radius 1 is 1.47 bits per heavy atom. The lowest BCUT2D eigenvalue weighted by Crippen LogP contribution is -1.89. The van der Waals surface area contributed by atoms with Crippen molar-refractivity contribution in [2.75, 3.05) is 0 Å². The highest BCUT2D eigenvalue weighted by Crippen LogP contribution is 2.22. The fourth-order valence-corrected chi connectivity index (χ4v) is 2.36. The summed E-state index contributed by atoms with van der Waals surface area (Å²) in [5.74, 6) is 0.0339. The van der Waals surface area contributed by atoms with Crippen molar-refractivity contribution in [3.8, 4) is 0 Å². The summed E-state index contributed by atoms with van der Waals surface area (Å²) in [6, 6.07) is 2.79. The molecule has 0 spiro atoms. The highest BCUT2D eigenvalue weighted by molar-refractivity contribution is 7.14. The minimum absolute atomic E-state index is 0.0247. The minimum Gasteiger partial charge on any atom is -0.401 e. The van der Waals surface area contributed by atoms with Gasteiger partial charge >= 0.3 is 5.88 Å². The molecule has 2 aromatic rings. The van der Waals surface area contributed by atoms with Gasteiger partial charge in [0.15, 0.2) is 5.78 Å². The monoisotopic (exact) mass is 278 g/mol. The Morgan fingerprint density at radius 3 is 2.74 bits per heavy atom. The second-order valence-corrected chi connectivity index (χ2v) is 4.82. The largest absolute Gasteiger partial charge is 0.433 e. The van der Waals surface area contributed by atoms with Crippen molar-refractivity contribution in [1.82, 2.24) is 4.98 Å². The molecule has 0 aromatic carbocycles. The highest BCUT2D eigenvalue weighted by atomic mass is 32.1. The molecule has 0 radical (unpaired) electrons. The van der Waals surface area contributed by atoms with E-state index in [2.05, 4.69) is 4.98 Å². The number of carbonyl (C=O) groups excluding carboxylic acids is 1. The lowest BCUT2D eigenvalue weighted by molar-refractivity contribution is -0.402.